The molecular formula is C39H38N4O9. The van der Waals surface area contributed by atoms with E-state index in [1.54, 1.807) is 86.6 Å². The molecule has 0 aliphatic carbocycles. The number of aryl methyl sites for hydroxylation is 3. The Morgan fingerprint density at radius 3 is 1.88 bits per heavy atom. The van der Waals surface area contributed by atoms with Crippen LogP contribution in [0.3, 0.4) is 0 Å². The molecule has 5 aromatic rings. The van der Waals surface area contributed by atoms with Gasteiger partial charge in [0, 0.05) is 11.8 Å². The molecular weight excluding hydrogens is 668 g/mol. The van der Waals surface area contributed by atoms with Crippen molar-refractivity contribution in [3.8, 4) is 0 Å². The highest BCUT2D eigenvalue weighted by Crippen LogP contribution is 2.48. The smallest absolute Gasteiger partial charge is 0.418 e. The molecule has 1 fully saturated rings. The Kier molecular flexibility index (Phi) is 10.1. The number of hydrogen-bond donors (Lipinski definition) is 1. The molecule has 1 saturated heterocycles. The maximum absolute atomic E-state index is 13.9. The maximum Gasteiger partial charge on any atom is 0.418 e. The first-order valence-corrected chi connectivity index (χ1v) is 16.6. The fourth-order valence-electron chi connectivity index (χ4n) is 6.10. The van der Waals surface area contributed by atoms with Crippen LogP contribution in [0.15, 0.2) is 85.3 Å². The monoisotopic (exact) mass is 706 g/mol. The second-order valence-corrected chi connectivity index (χ2v) is 12.8. The maximum atomic E-state index is 13.9. The summed E-state index contributed by atoms with van der Waals surface area (Å²) in [4.78, 5) is 62.5. The number of esters is 3. The van der Waals surface area contributed by atoms with Gasteiger partial charge in [-0.3, -0.25) is 0 Å². The van der Waals surface area contributed by atoms with Gasteiger partial charge in [0.1, 0.15) is 36.2 Å². The molecule has 1 aliphatic heterocycles. The molecule has 0 spiro atoms. The summed E-state index contributed by atoms with van der Waals surface area (Å²) < 4.78 is 31.2. The Morgan fingerprint density at radius 2 is 1.33 bits per heavy atom. The molecule has 4 atom stereocenters. The van der Waals surface area contributed by atoms with E-state index in [1.165, 1.54) is 12.5 Å². The second kappa shape index (κ2) is 14.6. The highest BCUT2D eigenvalue weighted by Gasteiger charge is 2.60. The summed E-state index contributed by atoms with van der Waals surface area (Å²) in [6.45, 7) is 8.53. The number of nitrogens with two attached hydrogens (primary N) is 1. The number of fused-ring (bicyclic) bond motifs is 1. The van der Waals surface area contributed by atoms with E-state index in [9.17, 15) is 19.2 Å². The van der Waals surface area contributed by atoms with Crippen molar-refractivity contribution < 1.29 is 42.9 Å². The summed E-state index contributed by atoms with van der Waals surface area (Å²) in [5.41, 5.74) is 8.59. The van der Waals surface area contributed by atoms with Crippen molar-refractivity contribution in [3.63, 3.8) is 0 Å². The first-order chi connectivity index (χ1) is 24.9. The summed E-state index contributed by atoms with van der Waals surface area (Å²) in [7, 11) is 0. The molecule has 0 amide bonds. The first-order valence-electron chi connectivity index (χ1n) is 16.6. The van der Waals surface area contributed by atoms with Crippen LogP contribution < -0.4 is 5.73 Å². The summed E-state index contributed by atoms with van der Waals surface area (Å²) in [6, 6.07) is 20.3. The number of nitrogens with zero attached hydrogens (tertiary/aromatic N) is 3. The van der Waals surface area contributed by atoms with E-state index >= 15 is 0 Å². The molecule has 2 aromatic heterocycles. The normalized spacial score (nSPS) is 19.6. The predicted octanol–water partition coefficient (Wildman–Crippen LogP) is 6.08. The lowest BCUT2D eigenvalue weighted by atomic mass is 9.88. The van der Waals surface area contributed by atoms with Gasteiger partial charge in [0.2, 0.25) is 0 Å². The van der Waals surface area contributed by atoms with Crippen molar-refractivity contribution in [1.82, 2.24) is 14.5 Å². The Labute approximate surface area is 299 Å². The van der Waals surface area contributed by atoms with Gasteiger partial charge in [0.25, 0.3) is 0 Å². The number of anilines is 1. The number of hydrogen-bond acceptors (Lipinski definition) is 12. The van der Waals surface area contributed by atoms with Crippen molar-refractivity contribution in [3.05, 3.63) is 124 Å². The molecule has 13 heteroatoms. The minimum Gasteiger partial charge on any atom is -0.459 e. The quantitative estimate of drug-likeness (QED) is 0.139. The van der Waals surface area contributed by atoms with Crippen LogP contribution in [0, 0.1) is 20.8 Å². The van der Waals surface area contributed by atoms with Gasteiger partial charge in [0.15, 0.2) is 17.5 Å². The number of carbonyl (C=O) groups is 4. The van der Waals surface area contributed by atoms with E-state index in [-0.39, 0.29) is 40.1 Å². The van der Waals surface area contributed by atoms with Gasteiger partial charge in [-0.2, -0.15) is 0 Å². The Hall–Kier alpha value is -6.08. The van der Waals surface area contributed by atoms with Gasteiger partial charge < -0.3 is 29.4 Å². The van der Waals surface area contributed by atoms with E-state index in [0.717, 1.165) is 21.3 Å². The highest BCUT2D eigenvalue weighted by atomic mass is 16.7. The molecule has 2 unspecified atom stereocenters. The minimum atomic E-state index is -1.81. The number of ether oxygens (including phenoxy) is 5. The van der Waals surface area contributed by atoms with Gasteiger partial charge in [-0.15, -0.1) is 0 Å². The molecule has 0 saturated carbocycles. The van der Waals surface area contributed by atoms with Gasteiger partial charge in [0.05, 0.1) is 23.3 Å². The van der Waals surface area contributed by atoms with Crippen LogP contribution in [0.4, 0.5) is 10.6 Å². The van der Waals surface area contributed by atoms with Crippen molar-refractivity contribution in [2.75, 3.05) is 18.9 Å². The van der Waals surface area contributed by atoms with E-state index in [0.29, 0.717) is 5.56 Å². The SMILES string of the molecule is CCOC(=O)n1cc(C2OC(COC(=O)c3ccc(C)cc3)[C@@H](OC(=O)c3ccc(C)cc3)[C@@]2(C)OC(=O)c2ccc(C)cc2)c2ncnc(N)c21. The van der Waals surface area contributed by atoms with Crippen LogP contribution in [-0.4, -0.2) is 69.6 Å². The van der Waals surface area contributed by atoms with Crippen molar-refractivity contribution >= 4 is 40.9 Å². The van der Waals surface area contributed by atoms with Crippen LogP contribution in [0.2, 0.25) is 0 Å². The van der Waals surface area contributed by atoms with Crippen molar-refractivity contribution in [1.29, 1.82) is 0 Å². The van der Waals surface area contributed by atoms with E-state index in [2.05, 4.69) is 9.97 Å². The van der Waals surface area contributed by atoms with E-state index < -0.39 is 54.5 Å². The molecule has 6 rings (SSSR count). The number of rotatable bonds is 9. The average Bonchev–Trinajstić information content (AvgIpc) is 3.63. The molecule has 1 aliphatic rings. The van der Waals surface area contributed by atoms with E-state index in [1.807, 2.05) is 20.8 Å². The van der Waals surface area contributed by atoms with Crippen LogP contribution >= 0.6 is 0 Å². The van der Waals surface area contributed by atoms with Gasteiger partial charge >= 0.3 is 24.0 Å². The van der Waals surface area contributed by atoms with E-state index in [4.69, 9.17) is 29.4 Å². The lowest BCUT2D eigenvalue weighted by Gasteiger charge is -2.34. The third-order valence-corrected chi connectivity index (χ3v) is 8.90. The molecule has 268 valence electrons. The summed E-state index contributed by atoms with van der Waals surface area (Å²) in [6.07, 6.45) is -1.92. The van der Waals surface area contributed by atoms with Crippen LogP contribution in [0.5, 0.6) is 0 Å². The summed E-state index contributed by atoms with van der Waals surface area (Å²) in [5.74, 6) is -2.14. The predicted molar refractivity (Wildman–Crippen MR) is 189 cm³/mol. The molecule has 0 radical (unpaired) electrons. The summed E-state index contributed by atoms with van der Waals surface area (Å²) in [5, 5.41) is 0. The zero-order valence-corrected chi connectivity index (χ0v) is 29.3. The largest absolute Gasteiger partial charge is 0.459 e. The number of carbonyl (C=O) groups excluding carboxylic acids is 4. The average molecular weight is 707 g/mol. The first kappa shape index (κ1) is 35.7. The standard InChI is InChI=1S/C39H38N4O9/c1-6-48-38(47)43-19-28(30-31(43)34(40)42-21-41-30)32-39(5,52-37(46)27-17-11-24(4)12-18-27)33(51-36(45)26-15-9-23(3)10-16-26)29(50-32)20-49-35(44)25-13-7-22(2)8-14-25/h7-19,21,29,32-33H,6,20H2,1-5H3,(H2,40,41,42)/t29?,32?,33-,39+/m1/s1. The third kappa shape index (κ3) is 7.08. The second-order valence-electron chi connectivity index (χ2n) is 12.8. The Balaban J connectivity index is 1.47. The number of aromatic nitrogens is 3. The minimum absolute atomic E-state index is 0.0217. The molecule has 2 N–H and O–H groups in total. The number of nitrogen functional groups attached to an aromatic ring is 1. The van der Waals surface area contributed by atoms with Crippen LogP contribution in [0.1, 0.15) is 73.3 Å². The Morgan fingerprint density at radius 1 is 0.788 bits per heavy atom. The molecule has 0 bridgehead atoms. The van der Waals surface area contributed by atoms with Gasteiger partial charge in [-0.05, 0) is 71.0 Å². The zero-order valence-electron chi connectivity index (χ0n) is 29.3. The summed E-state index contributed by atoms with van der Waals surface area (Å²) >= 11 is 0. The Bertz CT molecular complexity index is 2130. The van der Waals surface area contributed by atoms with Crippen molar-refractivity contribution in [2.24, 2.45) is 0 Å². The van der Waals surface area contributed by atoms with Gasteiger partial charge in [-0.1, -0.05) is 53.1 Å². The third-order valence-electron chi connectivity index (χ3n) is 8.90. The van der Waals surface area contributed by atoms with Crippen molar-refractivity contribution in [2.45, 2.75) is 58.5 Å². The lowest BCUT2D eigenvalue weighted by molar-refractivity contribution is -0.0886. The molecule has 52 heavy (non-hydrogen) atoms. The topological polar surface area (TPSA) is 171 Å². The van der Waals surface area contributed by atoms with Crippen LogP contribution in [0.25, 0.3) is 11.0 Å². The van der Waals surface area contributed by atoms with Crippen LogP contribution in [-0.2, 0) is 23.7 Å². The molecule has 13 nitrogen and oxygen atoms in total. The van der Waals surface area contributed by atoms with Gasteiger partial charge in [-0.25, -0.2) is 33.7 Å². The fraction of sp³-hybridized carbons (Fsp3) is 0.282. The number of benzene rings is 3. The fourth-order valence-corrected chi connectivity index (χ4v) is 6.10. The zero-order chi connectivity index (χ0) is 37.2. The molecule has 3 heterocycles. The highest BCUT2D eigenvalue weighted by molar-refractivity contribution is 5.96. The molecule has 3 aromatic carbocycles. The lowest BCUT2D eigenvalue weighted by Crippen LogP contribution is -2.49.